The van der Waals surface area contributed by atoms with E-state index >= 15 is 0 Å². The van der Waals surface area contributed by atoms with E-state index < -0.39 is 0 Å². The fourth-order valence-electron chi connectivity index (χ4n) is 2.12. The molecule has 2 nitrogen and oxygen atoms in total. The second kappa shape index (κ2) is 7.05. The van der Waals surface area contributed by atoms with Crippen molar-refractivity contribution < 1.29 is 4.79 Å². The number of benzene rings is 1. The Morgan fingerprint density at radius 2 is 2.06 bits per heavy atom. The first kappa shape index (κ1) is 13.8. The summed E-state index contributed by atoms with van der Waals surface area (Å²) in [5.41, 5.74) is 0.978. The quantitative estimate of drug-likeness (QED) is 0.916. The molecule has 0 unspecified atom stereocenters. The number of amides is 1. The van der Waals surface area contributed by atoms with Gasteiger partial charge in [0.1, 0.15) is 0 Å². The largest absolute Gasteiger partial charge is 0.352 e. The van der Waals surface area contributed by atoms with Crippen molar-refractivity contribution in [3.05, 3.63) is 34.9 Å². The normalized spacial score (nSPS) is 16.5. The Labute approximate surface area is 117 Å². The van der Waals surface area contributed by atoms with E-state index in [-0.39, 0.29) is 5.91 Å². The summed E-state index contributed by atoms with van der Waals surface area (Å²) < 4.78 is 0. The molecule has 1 aliphatic rings. The van der Waals surface area contributed by atoms with E-state index in [4.69, 9.17) is 11.6 Å². The van der Waals surface area contributed by atoms with Crippen molar-refractivity contribution in [2.24, 2.45) is 5.92 Å². The van der Waals surface area contributed by atoms with Gasteiger partial charge in [-0.3, -0.25) is 4.79 Å². The van der Waals surface area contributed by atoms with Crippen LogP contribution in [0, 0.1) is 5.92 Å². The fraction of sp³-hybridized carbons (Fsp3) is 0.500. The van der Waals surface area contributed by atoms with Crippen LogP contribution in [0.1, 0.15) is 24.8 Å². The Bertz CT molecular complexity index is 405. The summed E-state index contributed by atoms with van der Waals surface area (Å²) >= 11 is 8.03. The van der Waals surface area contributed by atoms with Gasteiger partial charge in [-0.2, -0.15) is 11.8 Å². The SMILES string of the molecule is O=C(CC1CCSCC1)NCc1ccccc1Cl. The molecule has 1 saturated heterocycles. The van der Waals surface area contributed by atoms with Gasteiger partial charge in [0, 0.05) is 18.0 Å². The number of nitrogens with one attached hydrogen (secondary N) is 1. The number of thioether (sulfide) groups is 1. The second-order valence-electron chi connectivity index (χ2n) is 4.63. The summed E-state index contributed by atoms with van der Waals surface area (Å²) in [4.78, 5) is 11.8. The van der Waals surface area contributed by atoms with Crippen LogP contribution < -0.4 is 5.32 Å². The Kier molecular flexibility index (Phi) is 5.39. The number of hydrogen-bond donors (Lipinski definition) is 1. The van der Waals surface area contributed by atoms with Gasteiger partial charge in [-0.1, -0.05) is 29.8 Å². The van der Waals surface area contributed by atoms with Gasteiger partial charge in [0.15, 0.2) is 0 Å². The zero-order chi connectivity index (χ0) is 12.8. The summed E-state index contributed by atoms with van der Waals surface area (Å²) in [6.45, 7) is 0.528. The third kappa shape index (κ3) is 4.21. The molecule has 0 saturated carbocycles. The van der Waals surface area contributed by atoms with Gasteiger partial charge in [0.25, 0.3) is 0 Å². The highest BCUT2D eigenvalue weighted by Gasteiger charge is 2.17. The summed E-state index contributed by atoms with van der Waals surface area (Å²) in [7, 11) is 0. The molecule has 4 heteroatoms. The van der Waals surface area contributed by atoms with E-state index in [0.717, 1.165) is 5.56 Å². The smallest absolute Gasteiger partial charge is 0.220 e. The highest BCUT2D eigenvalue weighted by Crippen LogP contribution is 2.25. The minimum atomic E-state index is 0.145. The first-order valence-electron chi connectivity index (χ1n) is 6.33. The van der Waals surface area contributed by atoms with Crippen LogP contribution in [0.2, 0.25) is 5.02 Å². The third-order valence-corrected chi connectivity index (χ3v) is 4.67. The van der Waals surface area contributed by atoms with Crippen LogP contribution in [0.5, 0.6) is 0 Å². The first-order chi connectivity index (χ1) is 8.75. The van der Waals surface area contributed by atoms with E-state index in [1.807, 2.05) is 36.0 Å². The maximum absolute atomic E-state index is 11.8. The van der Waals surface area contributed by atoms with E-state index in [1.54, 1.807) is 0 Å². The molecule has 1 fully saturated rings. The topological polar surface area (TPSA) is 29.1 Å². The maximum atomic E-state index is 11.8. The molecule has 0 aromatic heterocycles. The lowest BCUT2D eigenvalue weighted by Crippen LogP contribution is -2.26. The molecular weight excluding hydrogens is 266 g/mol. The summed E-state index contributed by atoms with van der Waals surface area (Å²) in [5.74, 6) is 3.11. The van der Waals surface area contributed by atoms with E-state index in [1.165, 1.54) is 24.3 Å². The van der Waals surface area contributed by atoms with Crippen molar-refractivity contribution in [2.45, 2.75) is 25.8 Å². The number of carbonyl (C=O) groups is 1. The Morgan fingerprint density at radius 1 is 1.33 bits per heavy atom. The van der Waals surface area contributed by atoms with Crippen LogP contribution in [0.4, 0.5) is 0 Å². The molecule has 0 spiro atoms. The van der Waals surface area contributed by atoms with Crippen LogP contribution in [0.25, 0.3) is 0 Å². The lowest BCUT2D eigenvalue weighted by Gasteiger charge is -2.20. The molecular formula is C14H18ClNOS. The van der Waals surface area contributed by atoms with Crippen LogP contribution in [-0.2, 0) is 11.3 Å². The maximum Gasteiger partial charge on any atom is 0.220 e. The fourth-order valence-corrected chi connectivity index (χ4v) is 3.53. The molecule has 1 amide bonds. The lowest BCUT2D eigenvalue weighted by molar-refractivity contribution is -0.122. The number of rotatable bonds is 4. The van der Waals surface area contributed by atoms with Gasteiger partial charge >= 0.3 is 0 Å². The molecule has 98 valence electrons. The van der Waals surface area contributed by atoms with Crippen molar-refractivity contribution in [1.82, 2.24) is 5.32 Å². The first-order valence-corrected chi connectivity index (χ1v) is 7.87. The molecule has 1 aromatic rings. The summed E-state index contributed by atoms with van der Waals surface area (Å²) in [6.07, 6.45) is 3.00. The zero-order valence-corrected chi connectivity index (χ0v) is 11.9. The predicted octanol–water partition coefficient (Wildman–Crippen LogP) is 3.49. The van der Waals surface area contributed by atoms with Crippen LogP contribution in [-0.4, -0.2) is 17.4 Å². The third-order valence-electron chi connectivity index (χ3n) is 3.25. The Balaban J connectivity index is 1.76. The highest BCUT2D eigenvalue weighted by atomic mass is 35.5. The van der Waals surface area contributed by atoms with Crippen molar-refractivity contribution in [3.63, 3.8) is 0 Å². The van der Waals surface area contributed by atoms with E-state index in [2.05, 4.69) is 5.32 Å². The molecule has 1 heterocycles. The lowest BCUT2D eigenvalue weighted by atomic mass is 9.98. The van der Waals surface area contributed by atoms with E-state index in [9.17, 15) is 4.79 Å². The standard InChI is InChI=1S/C14H18ClNOS/c15-13-4-2-1-3-12(13)10-16-14(17)9-11-5-7-18-8-6-11/h1-4,11H,5-10H2,(H,16,17). The van der Waals surface area contributed by atoms with Gasteiger partial charge in [-0.15, -0.1) is 0 Å². The average molecular weight is 284 g/mol. The molecule has 0 radical (unpaired) electrons. The minimum Gasteiger partial charge on any atom is -0.352 e. The summed E-state index contributed by atoms with van der Waals surface area (Å²) in [6, 6.07) is 7.63. The summed E-state index contributed by atoms with van der Waals surface area (Å²) in [5, 5.41) is 3.67. The Hall–Kier alpha value is -0.670. The van der Waals surface area contributed by atoms with Crippen molar-refractivity contribution in [2.75, 3.05) is 11.5 Å². The van der Waals surface area contributed by atoms with Crippen molar-refractivity contribution in [3.8, 4) is 0 Å². The molecule has 18 heavy (non-hydrogen) atoms. The number of carbonyl (C=O) groups excluding carboxylic acids is 1. The molecule has 1 aromatic carbocycles. The molecule has 2 rings (SSSR count). The molecule has 0 atom stereocenters. The van der Waals surface area contributed by atoms with Gasteiger partial charge in [0.05, 0.1) is 0 Å². The van der Waals surface area contributed by atoms with Crippen LogP contribution in [0.3, 0.4) is 0 Å². The van der Waals surface area contributed by atoms with Crippen LogP contribution >= 0.6 is 23.4 Å². The van der Waals surface area contributed by atoms with Gasteiger partial charge in [-0.25, -0.2) is 0 Å². The van der Waals surface area contributed by atoms with Crippen molar-refractivity contribution in [1.29, 1.82) is 0 Å². The Morgan fingerprint density at radius 3 is 2.78 bits per heavy atom. The molecule has 0 bridgehead atoms. The number of halogens is 1. The molecule has 1 aliphatic heterocycles. The molecule has 0 aliphatic carbocycles. The van der Waals surface area contributed by atoms with E-state index in [0.29, 0.717) is 23.9 Å². The average Bonchev–Trinajstić information content (AvgIpc) is 2.39. The predicted molar refractivity (Wildman–Crippen MR) is 78.0 cm³/mol. The number of hydrogen-bond acceptors (Lipinski definition) is 2. The van der Waals surface area contributed by atoms with Gasteiger partial charge < -0.3 is 5.32 Å². The zero-order valence-electron chi connectivity index (χ0n) is 10.3. The monoisotopic (exact) mass is 283 g/mol. The second-order valence-corrected chi connectivity index (χ2v) is 6.26. The molecule has 1 N–H and O–H groups in total. The van der Waals surface area contributed by atoms with Gasteiger partial charge in [-0.05, 0) is 41.9 Å². The highest BCUT2D eigenvalue weighted by molar-refractivity contribution is 7.99. The van der Waals surface area contributed by atoms with Gasteiger partial charge in [0.2, 0.25) is 5.91 Å². The van der Waals surface area contributed by atoms with Crippen molar-refractivity contribution >= 4 is 29.3 Å². The minimum absolute atomic E-state index is 0.145. The van der Waals surface area contributed by atoms with Crippen LogP contribution in [0.15, 0.2) is 24.3 Å².